The van der Waals surface area contributed by atoms with Crippen LogP contribution < -0.4 is 0 Å². The van der Waals surface area contributed by atoms with Crippen molar-refractivity contribution < 1.29 is 19.1 Å². The fourth-order valence-corrected chi connectivity index (χ4v) is 3.97. The molecule has 124 valence electrons. The minimum atomic E-state index is -0.968. The molecule has 0 spiro atoms. The van der Waals surface area contributed by atoms with Gasteiger partial charge in [0.2, 0.25) is 0 Å². The van der Waals surface area contributed by atoms with Crippen molar-refractivity contribution in [2.24, 2.45) is 0 Å². The molecule has 1 saturated heterocycles. The summed E-state index contributed by atoms with van der Waals surface area (Å²) < 4.78 is 5.58. The van der Waals surface area contributed by atoms with Crippen LogP contribution in [0.5, 0.6) is 0 Å². The molecule has 1 unspecified atom stereocenters. The number of likely N-dealkylation sites (N-methyl/N-ethyl adjacent to an activating group) is 1. The molecule has 1 atom stereocenters. The number of rotatable bonds is 4. The molecule has 1 aliphatic rings. The highest BCUT2D eigenvalue weighted by molar-refractivity contribution is 8.14. The summed E-state index contributed by atoms with van der Waals surface area (Å²) in [7, 11) is 0. The first kappa shape index (κ1) is 16.7. The van der Waals surface area contributed by atoms with Crippen molar-refractivity contribution in [2.75, 3.05) is 6.54 Å². The van der Waals surface area contributed by atoms with Gasteiger partial charge in [-0.15, -0.1) is 12.6 Å². The number of amides is 1. The summed E-state index contributed by atoms with van der Waals surface area (Å²) in [5.41, 5.74) is 0.998. The molecule has 0 aliphatic carbocycles. The summed E-state index contributed by atoms with van der Waals surface area (Å²) in [5, 5.41) is 8.92. The molecular formula is C17H15NO4S2. The molecule has 1 aliphatic heterocycles. The summed E-state index contributed by atoms with van der Waals surface area (Å²) in [6, 6.07) is 10.0. The molecule has 1 aromatic carbocycles. The third-order valence-electron chi connectivity index (χ3n) is 3.63. The molecule has 0 radical (unpaired) electrons. The van der Waals surface area contributed by atoms with Crippen molar-refractivity contribution in [3.63, 3.8) is 0 Å². The molecule has 7 heteroatoms. The van der Waals surface area contributed by atoms with E-state index in [1.54, 1.807) is 35.2 Å². The standard InChI is InChI=1S/C17H15NO4S2/c1-2-18-15(19)14(24-17(18)23)9-12-7-8-13(22-12)10-3-5-11(6-4-10)16(20)21/h3-9,17,23H,2H2,1H3,(H,20,21). The lowest BCUT2D eigenvalue weighted by atomic mass is 10.1. The Balaban J connectivity index is 1.82. The number of nitrogens with zero attached hydrogens (tertiary/aromatic N) is 1. The third kappa shape index (κ3) is 3.22. The Bertz CT molecular complexity index is 810. The predicted molar refractivity (Wildman–Crippen MR) is 96.8 cm³/mol. The Morgan fingerprint density at radius 3 is 2.62 bits per heavy atom. The van der Waals surface area contributed by atoms with Gasteiger partial charge in [-0.3, -0.25) is 4.79 Å². The number of carbonyl (C=O) groups excluding carboxylic acids is 1. The Hall–Kier alpha value is -2.12. The number of carboxylic acids is 1. The highest BCUT2D eigenvalue weighted by Crippen LogP contribution is 2.38. The molecule has 2 aromatic rings. The average molecular weight is 361 g/mol. The van der Waals surface area contributed by atoms with Crippen LogP contribution >= 0.6 is 24.4 Å². The Kier molecular flexibility index (Phi) is 4.73. The van der Waals surface area contributed by atoms with Gasteiger partial charge < -0.3 is 14.4 Å². The van der Waals surface area contributed by atoms with Crippen LogP contribution in [-0.4, -0.2) is 33.1 Å². The van der Waals surface area contributed by atoms with Gasteiger partial charge >= 0.3 is 5.97 Å². The van der Waals surface area contributed by atoms with E-state index in [0.717, 1.165) is 5.56 Å². The second kappa shape index (κ2) is 6.78. The topological polar surface area (TPSA) is 70.8 Å². The second-order valence-electron chi connectivity index (χ2n) is 5.13. The zero-order valence-corrected chi connectivity index (χ0v) is 14.5. The number of aromatic carboxylic acids is 1. The number of thiol groups is 1. The lowest BCUT2D eigenvalue weighted by molar-refractivity contribution is -0.124. The quantitative estimate of drug-likeness (QED) is 0.640. The van der Waals surface area contributed by atoms with E-state index in [0.29, 0.717) is 23.0 Å². The SMILES string of the molecule is CCN1C(=O)C(=Cc2ccc(-c3ccc(C(=O)O)cc3)o2)SC1S. The molecule has 0 bridgehead atoms. The molecule has 2 heterocycles. The molecular weight excluding hydrogens is 346 g/mol. The number of hydrogen-bond donors (Lipinski definition) is 2. The van der Waals surface area contributed by atoms with Crippen molar-refractivity contribution in [1.82, 2.24) is 4.90 Å². The minimum absolute atomic E-state index is 0.0498. The van der Waals surface area contributed by atoms with Crippen LogP contribution in [0, 0.1) is 0 Å². The van der Waals surface area contributed by atoms with Gasteiger partial charge in [-0.2, -0.15) is 0 Å². The van der Waals surface area contributed by atoms with Crippen LogP contribution in [-0.2, 0) is 4.79 Å². The van der Waals surface area contributed by atoms with E-state index in [-0.39, 0.29) is 16.2 Å². The fraction of sp³-hybridized carbons (Fsp3) is 0.176. The first-order valence-corrected chi connectivity index (χ1v) is 8.70. The Morgan fingerprint density at radius 2 is 2.04 bits per heavy atom. The summed E-state index contributed by atoms with van der Waals surface area (Å²) in [6.45, 7) is 2.52. The van der Waals surface area contributed by atoms with E-state index in [9.17, 15) is 9.59 Å². The summed E-state index contributed by atoms with van der Waals surface area (Å²) in [5.74, 6) is 0.168. The van der Waals surface area contributed by atoms with Crippen LogP contribution in [0.2, 0.25) is 0 Å². The maximum atomic E-state index is 12.2. The first-order chi connectivity index (χ1) is 11.5. The van der Waals surface area contributed by atoms with Crippen molar-refractivity contribution in [3.8, 4) is 11.3 Å². The lowest BCUT2D eigenvalue weighted by Gasteiger charge is -2.15. The maximum absolute atomic E-state index is 12.2. The van der Waals surface area contributed by atoms with Crippen LogP contribution in [0.25, 0.3) is 17.4 Å². The predicted octanol–water partition coefficient (Wildman–Crippen LogP) is 3.79. The number of carboxylic acid groups (broad SMARTS) is 1. The van der Waals surface area contributed by atoms with E-state index >= 15 is 0 Å². The van der Waals surface area contributed by atoms with E-state index in [1.165, 1.54) is 23.9 Å². The van der Waals surface area contributed by atoms with Crippen molar-refractivity contribution in [1.29, 1.82) is 0 Å². The summed E-state index contributed by atoms with van der Waals surface area (Å²) in [4.78, 5) is 25.4. The lowest BCUT2D eigenvalue weighted by Crippen LogP contribution is -2.28. The second-order valence-corrected chi connectivity index (χ2v) is 7.09. The van der Waals surface area contributed by atoms with E-state index in [2.05, 4.69) is 12.6 Å². The molecule has 3 rings (SSSR count). The van der Waals surface area contributed by atoms with Gasteiger partial charge in [0.05, 0.1) is 10.5 Å². The zero-order valence-electron chi connectivity index (χ0n) is 12.8. The van der Waals surface area contributed by atoms with E-state index < -0.39 is 5.97 Å². The van der Waals surface area contributed by atoms with Crippen LogP contribution in [0.15, 0.2) is 45.7 Å². The van der Waals surface area contributed by atoms with Crippen molar-refractivity contribution >= 4 is 42.3 Å². The molecule has 24 heavy (non-hydrogen) atoms. The number of hydrogen-bond acceptors (Lipinski definition) is 5. The van der Waals surface area contributed by atoms with Crippen LogP contribution in [0.3, 0.4) is 0 Å². The molecule has 1 fully saturated rings. The Labute approximate surface area is 148 Å². The number of carbonyl (C=O) groups is 2. The molecule has 1 N–H and O–H groups in total. The molecule has 0 saturated carbocycles. The van der Waals surface area contributed by atoms with Gasteiger partial charge in [0.1, 0.15) is 16.2 Å². The molecule has 1 amide bonds. The Morgan fingerprint density at radius 1 is 1.33 bits per heavy atom. The average Bonchev–Trinajstić information content (AvgIpc) is 3.13. The summed E-state index contributed by atoms with van der Waals surface area (Å²) >= 11 is 5.78. The van der Waals surface area contributed by atoms with Crippen LogP contribution in [0.4, 0.5) is 0 Å². The first-order valence-electron chi connectivity index (χ1n) is 7.30. The van der Waals surface area contributed by atoms with Crippen molar-refractivity contribution in [3.05, 3.63) is 52.6 Å². The number of benzene rings is 1. The summed E-state index contributed by atoms with van der Waals surface area (Å²) in [6.07, 6.45) is 1.71. The van der Waals surface area contributed by atoms with Crippen molar-refractivity contribution in [2.45, 2.75) is 11.6 Å². The van der Waals surface area contributed by atoms with Gasteiger partial charge in [-0.05, 0) is 31.2 Å². The monoisotopic (exact) mass is 361 g/mol. The van der Waals surface area contributed by atoms with E-state index in [4.69, 9.17) is 9.52 Å². The highest BCUT2D eigenvalue weighted by atomic mass is 32.2. The smallest absolute Gasteiger partial charge is 0.335 e. The van der Waals surface area contributed by atoms with Gasteiger partial charge in [-0.1, -0.05) is 23.9 Å². The highest BCUT2D eigenvalue weighted by Gasteiger charge is 2.32. The van der Waals surface area contributed by atoms with Gasteiger partial charge in [0, 0.05) is 18.2 Å². The largest absolute Gasteiger partial charge is 0.478 e. The van der Waals surface area contributed by atoms with E-state index in [1.807, 2.05) is 6.92 Å². The van der Waals surface area contributed by atoms with Crippen LogP contribution in [0.1, 0.15) is 23.0 Å². The molecule has 1 aromatic heterocycles. The zero-order chi connectivity index (χ0) is 17.3. The third-order valence-corrected chi connectivity index (χ3v) is 5.23. The number of thioether (sulfide) groups is 1. The normalized spacial score (nSPS) is 19.2. The molecule has 5 nitrogen and oxygen atoms in total. The number of furan rings is 1. The van der Waals surface area contributed by atoms with Gasteiger partial charge in [0.15, 0.2) is 0 Å². The fourth-order valence-electron chi connectivity index (χ4n) is 2.36. The van der Waals surface area contributed by atoms with Gasteiger partial charge in [0.25, 0.3) is 5.91 Å². The van der Waals surface area contributed by atoms with Gasteiger partial charge in [-0.25, -0.2) is 4.79 Å². The minimum Gasteiger partial charge on any atom is -0.478 e. The maximum Gasteiger partial charge on any atom is 0.335 e.